The summed E-state index contributed by atoms with van der Waals surface area (Å²) in [5.74, 6) is -0.969. The van der Waals surface area contributed by atoms with E-state index in [4.69, 9.17) is 9.47 Å². The molecule has 43 heavy (non-hydrogen) atoms. The van der Waals surface area contributed by atoms with E-state index >= 15 is 0 Å². The summed E-state index contributed by atoms with van der Waals surface area (Å²) in [6, 6.07) is 15.4. The summed E-state index contributed by atoms with van der Waals surface area (Å²) in [7, 11) is -1.56. The number of nitrogens with zero attached hydrogens (tertiary/aromatic N) is 2. The minimum absolute atomic E-state index is 0.0423. The fourth-order valence-corrected chi connectivity index (χ4v) is 6.70. The molecule has 2 amide bonds. The highest BCUT2D eigenvalue weighted by Crippen LogP contribution is 2.32. The zero-order valence-corrected chi connectivity index (χ0v) is 26.7. The second-order valence-electron chi connectivity index (χ2n) is 10.3. The second kappa shape index (κ2) is 14.2. The summed E-state index contributed by atoms with van der Waals surface area (Å²) in [5.41, 5.74) is 0.837. The molecule has 1 fully saturated rings. The van der Waals surface area contributed by atoms with Crippen LogP contribution in [0, 0.1) is 5.82 Å². The number of carbonyl (C=O) groups excluding carboxylic acids is 2. The fraction of sp³-hybridized carbons (Fsp3) is 0.355. The Morgan fingerprint density at radius 3 is 2.21 bits per heavy atom. The Labute approximate surface area is 260 Å². The van der Waals surface area contributed by atoms with Crippen LogP contribution in [0.5, 0.6) is 11.5 Å². The predicted molar refractivity (Wildman–Crippen MR) is 165 cm³/mol. The van der Waals surface area contributed by atoms with E-state index in [1.54, 1.807) is 6.92 Å². The maximum Gasteiger partial charge on any atom is 0.264 e. The summed E-state index contributed by atoms with van der Waals surface area (Å²) in [6.45, 7) is 1.06. The molecule has 0 aliphatic heterocycles. The second-order valence-corrected chi connectivity index (χ2v) is 13.1. The molecule has 0 aromatic heterocycles. The quantitative estimate of drug-likeness (QED) is 0.280. The molecule has 0 saturated heterocycles. The Morgan fingerprint density at radius 2 is 1.60 bits per heavy atom. The van der Waals surface area contributed by atoms with Crippen molar-refractivity contribution >= 4 is 43.5 Å². The van der Waals surface area contributed by atoms with Gasteiger partial charge in [-0.2, -0.15) is 0 Å². The summed E-state index contributed by atoms with van der Waals surface area (Å²) in [5, 5.41) is 3.04. The Balaban J connectivity index is 1.71. The number of hydrogen-bond acceptors (Lipinski definition) is 6. The largest absolute Gasteiger partial charge is 0.493 e. The molecule has 1 aliphatic rings. The number of methoxy groups -OCH3 is 2. The predicted octanol–water partition coefficient (Wildman–Crippen LogP) is 5.28. The number of ether oxygens (including phenoxy) is 2. The van der Waals surface area contributed by atoms with Crippen LogP contribution in [-0.4, -0.2) is 58.0 Å². The van der Waals surface area contributed by atoms with Gasteiger partial charge in [0.05, 0.1) is 24.8 Å². The van der Waals surface area contributed by atoms with Gasteiger partial charge in [0.25, 0.3) is 10.0 Å². The number of rotatable bonds is 12. The first-order chi connectivity index (χ1) is 20.5. The van der Waals surface area contributed by atoms with Crippen LogP contribution in [0.1, 0.15) is 38.2 Å². The number of nitrogens with one attached hydrogen (secondary N) is 1. The lowest BCUT2D eigenvalue weighted by Crippen LogP contribution is -2.52. The normalized spacial score (nSPS) is 14.2. The van der Waals surface area contributed by atoms with Gasteiger partial charge in [0.1, 0.15) is 18.4 Å². The summed E-state index contributed by atoms with van der Waals surface area (Å²) < 4.78 is 54.3. The molecule has 12 heteroatoms. The van der Waals surface area contributed by atoms with Gasteiger partial charge < -0.3 is 19.7 Å². The lowest BCUT2D eigenvalue weighted by molar-refractivity contribution is -0.139. The van der Waals surface area contributed by atoms with E-state index in [2.05, 4.69) is 21.2 Å². The molecule has 1 atom stereocenters. The molecule has 3 aromatic carbocycles. The van der Waals surface area contributed by atoms with E-state index in [9.17, 15) is 22.4 Å². The maximum atomic E-state index is 14.1. The molecule has 0 unspecified atom stereocenters. The van der Waals surface area contributed by atoms with Crippen LogP contribution in [-0.2, 0) is 26.2 Å². The highest BCUT2D eigenvalue weighted by Gasteiger charge is 2.34. The standard InChI is InChI=1S/C31H35BrFN3O6S/c1-21(31(38)34-25-6-4-5-7-25)35(19-22-8-10-23(32)11-9-22)30(37)20-36(26-14-12-24(33)13-15-26)43(39,40)27-16-17-28(41-2)29(18-27)42-3/h8-18,21,25H,4-7,19-20H2,1-3H3,(H,34,38)/t21-/m0/s1. The Hall–Kier alpha value is -3.64. The first-order valence-electron chi connectivity index (χ1n) is 13.9. The maximum absolute atomic E-state index is 14.1. The molecule has 0 heterocycles. The van der Waals surface area contributed by atoms with Crippen LogP contribution in [0.15, 0.2) is 76.1 Å². The zero-order valence-electron chi connectivity index (χ0n) is 24.3. The SMILES string of the molecule is COc1ccc(S(=O)(=O)N(CC(=O)N(Cc2ccc(Br)cc2)[C@@H](C)C(=O)NC2CCCC2)c2ccc(F)cc2)cc1OC. The van der Waals surface area contributed by atoms with Crippen molar-refractivity contribution < 1.29 is 31.9 Å². The molecule has 9 nitrogen and oxygen atoms in total. The monoisotopic (exact) mass is 675 g/mol. The highest BCUT2D eigenvalue weighted by atomic mass is 79.9. The molecule has 3 aromatic rings. The number of carbonyl (C=O) groups is 2. The number of hydrogen-bond donors (Lipinski definition) is 1. The van der Waals surface area contributed by atoms with E-state index < -0.39 is 34.3 Å². The topological polar surface area (TPSA) is 105 Å². The summed E-state index contributed by atoms with van der Waals surface area (Å²) >= 11 is 3.41. The van der Waals surface area contributed by atoms with Gasteiger partial charge in [-0.15, -0.1) is 0 Å². The number of benzene rings is 3. The fourth-order valence-electron chi connectivity index (χ4n) is 5.00. The molecule has 1 saturated carbocycles. The zero-order chi connectivity index (χ0) is 31.1. The molecule has 1 aliphatic carbocycles. The third kappa shape index (κ3) is 7.85. The van der Waals surface area contributed by atoms with Crippen molar-refractivity contribution in [3.63, 3.8) is 0 Å². The van der Waals surface area contributed by atoms with Crippen LogP contribution < -0.4 is 19.1 Å². The highest BCUT2D eigenvalue weighted by molar-refractivity contribution is 9.10. The van der Waals surface area contributed by atoms with Crippen molar-refractivity contribution in [2.75, 3.05) is 25.1 Å². The van der Waals surface area contributed by atoms with Crippen LogP contribution >= 0.6 is 15.9 Å². The number of anilines is 1. The minimum atomic E-state index is -4.38. The van der Waals surface area contributed by atoms with E-state index in [-0.39, 0.29) is 34.8 Å². The Morgan fingerprint density at radius 1 is 0.977 bits per heavy atom. The van der Waals surface area contributed by atoms with Crippen LogP contribution in [0.2, 0.25) is 0 Å². The van der Waals surface area contributed by atoms with Crippen LogP contribution in [0.4, 0.5) is 10.1 Å². The van der Waals surface area contributed by atoms with Crippen molar-refractivity contribution in [1.82, 2.24) is 10.2 Å². The van der Waals surface area contributed by atoms with Crippen LogP contribution in [0.25, 0.3) is 0 Å². The first kappa shape index (κ1) is 32.3. The molecule has 0 radical (unpaired) electrons. The minimum Gasteiger partial charge on any atom is -0.493 e. The van der Waals surface area contributed by atoms with Gasteiger partial charge in [-0.25, -0.2) is 12.8 Å². The van der Waals surface area contributed by atoms with Crippen LogP contribution in [0.3, 0.4) is 0 Å². The Bertz CT molecular complexity index is 1530. The van der Waals surface area contributed by atoms with E-state index in [1.807, 2.05) is 24.3 Å². The summed E-state index contributed by atoms with van der Waals surface area (Å²) in [4.78, 5) is 28.6. The third-order valence-corrected chi connectivity index (χ3v) is 9.77. The van der Waals surface area contributed by atoms with Crippen molar-refractivity contribution in [1.29, 1.82) is 0 Å². The van der Waals surface area contributed by atoms with Gasteiger partial charge >= 0.3 is 0 Å². The molecule has 0 spiro atoms. The number of sulfonamides is 1. The van der Waals surface area contributed by atoms with E-state index in [0.29, 0.717) is 5.75 Å². The van der Waals surface area contributed by atoms with E-state index in [1.165, 1.54) is 49.5 Å². The average Bonchev–Trinajstić information content (AvgIpc) is 3.52. The Kier molecular flexibility index (Phi) is 10.7. The molecular weight excluding hydrogens is 641 g/mol. The van der Waals surface area contributed by atoms with Crippen molar-refractivity contribution in [2.45, 2.75) is 56.1 Å². The molecule has 1 N–H and O–H groups in total. The first-order valence-corrected chi connectivity index (χ1v) is 16.1. The number of halogens is 2. The van der Waals surface area contributed by atoms with Gasteiger partial charge in [0.15, 0.2) is 11.5 Å². The van der Waals surface area contributed by atoms with Gasteiger partial charge in [0.2, 0.25) is 11.8 Å². The van der Waals surface area contributed by atoms with Gasteiger partial charge in [-0.3, -0.25) is 13.9 Å². The van der Waals surface area contributed by atoms with Crippen molar-refractivity contribution in [2.24, 2.45) is 0 Å². The smallest absolute Gasteiger partial charge is 0.264 e. The van der Waals surface area contributed by atoms with Gasteiger partial charge in [-0.05, 0) is 73.9 Å². The number of amides is 2. The van der Waals surface area contributed by atoms with Crippen molar-refractivity contribution in [3.05, 3.63) is 82.6 Å². The summed E-state index contributed by atoms with van der Waals surface area (Å²) in [6.07, 6.45) is 3.81. The van der Waals surface area contributed by atoms with E-state index in [0.717, 1.165) is 52.2 Å². The van der Waals surface area contributed by atoms with Gasteiger partial charge in [0, 0.05) is 23.1 Å². The van der Waals surface area contributed by atoms with Crippen molar-refractivity contribution in [3.8, 4) is 11.5 Å². The molecule has 0 bridgehead atoms. The lowest BCUT2D eigenvalue weighted by atomic mass is 10.1. The molecular formula is C31H35BrFN3O6S. The average molecular weight is 677 g/mol. The lowest BCUT2D eigenvalue weighted by Gasteiger charge is -2.32. The third-order valence-electron chi connectivity index (χ3n) is 7.47. The molecule has 4 rings (SSSR count). The van der Waals surface area contributed by atoms with Gasteiger partial charge in [-0.1, -0.05) is 40.9 Å². The molecule has 230 valence electrons.